The van der Waals surface area contributed by atoms with Crippen LogP contribution in [0.25, 0.3) is 0 Å². The highest BCUT2D eigenvalue weighted by Gasteiger charge is 2.26. The number of carbonyl (C=O) groups is 1. The van der Waals surface area contributed by atoms with Gasteiger partial charge in [0.2, 0.25) is 11.8 Å². The van der Waals surface area contributed by atoms with Crippen LogP contribution in [0.1, 0.15) is 38.0 Å². The third kappa shape index (κ3) is 3.33. The van der Waals surface area contributed by atoms with Crippen LogP contribution in [0.5, 0.6) is 0 Å². The van der Waals surface area contributed by atoms with Gasteiger partial charge in [-0.25, -0.2) is 0 Å². The lowest BCUT2D eigenvalue weighted by molar-refractivity contribution is -0.114. The van der Waals surface area contributed by atoms with Gasteiger partial charge in [0.15, 0.2) is 11.6 Å². The summed E-state index contributed by atoms with van der Waals surface area (Å²) in [7, 11) is 0. The molecule has 2 aromatic rings. The number of amides is 1. The van der Waals surface area contributed by atoms with Crippen molar-refractivity contribution in [3.05, 3.63) is 24.0 Å². The molecule has 3 rings (SSSR count). The lowest BCUT2D eigenvalue weighted by Crippen LogP contribution is -2.21. The number of anilines is 1. The van der Waals surface area contributed by atoms with Gasteiger partial charge in [-0.1, -0.05) is 12.1 Å². The van der Waals surface area contributed by atoms with Crippen LogP contribution in [0.4, 0.5) is 5.82 Å². The van der Waals surface area contributed by atoms with Gasteiger partial charge in [-0.2, -0.15) is 10.1 Å². The summed E-state index contributed by atoms with van der Waals surface area (Å²) in [6.07, 6.45) is 3.70. The second-order valence-corrected chi connectivity index (χ2v) is 5.50. The van der Waals surface area contributed by atoms with E-state index < -0.39 is 0 Å². The van der Waals surface area contributed by atoms with Gasteiger partial charge in [0.1, 0.15) is 0 Å². The molecular weight excluding hydrogens is 284 g/mol. The Hall–Kier alpha value is -2.22. The highest BCUT2D eigenvalue weighted by molar-refractivity contribution is 5.87. The molecule has 2 aromatic heterocycles. The first kappa shape index (κ1) is 14.7. The Morgan fingerprint density at radius 1 is 1.55 bits per heavy atom. The van der Waals surface area contributed by atoms with Crippen LogP contribution in [0.3, 0.4) is 0 Å². The van der Waals surface area contributed by atoms with E-state index in [9.17, 15) is 4.79 Å². The fourth-order valence-corrected chi connectivity index (χ4v) is 2.65. The summed E-state index contributed by atoms with van der Waals surface area (Å²) in [5, 5.41) is 11.0. The molecule has 0 aliphatic carbocycles. The molecule has 1 amide bonds. The van der Waals surface area contributed by atoms with Gasteiger partial charge in [-0.3, -0.25) is 14.4 Å². The molecule has 8 heteroatoms. The van der Waals surface area contributed by atoms with Gasteiger partial charge in [0.25, 0.3) is 0 Å². The predicted octanol–water partition coefficient (Wildman–Crippen LogP) is 1.23. The van der Waals surface area contributed by atoms with E-state index in [2.05, 4.69) is 25.5 Å². The smallest absolute Gasteiger partial charge is 0.240 e. The molecule has 0 radical (unpaired) electrons. The highest BCUT2D eigenvalue weighted by atomic mass is 16.5. The van der Waals surface area contributed by atoms with E-state index in [1.54, 1.807) is 0 Å². The molecule has 118 valence electrons. The molecule has 1 atom stereocenters. The highest BCUT2D eigenvalue weighted by Crippen LogP contribution is 2.23. The standard InChI is InChI=1S/C14H20N6O2/c1-3-12-16-14(22-18-12)9-19-6-4-11(8-19)20-7-5-13(17-20)15-10(2)21/h5,7,11H,3-4,6,8-9H2,1-2H3,(H,15,17,21). The molecule has 1 fully saturated rings. The Kier molecular flexibility index (Phi) is 4.19. The maximum Gasteiger partial charge on any atom is 0.240 e. The predicted molar refractivity (Wildman–Crippen MR) is 79.1 cm³/mol. The summed E-state index contributed by atoms with van der Waals surface area (Å²) in [6.45, 7) is 5.99. The molecule has 0 bridgehead atoms. The summed E-state index contributed by atoms with van der Waals surface area (Å²) in [6, 6.07) is 2.12. The topological polar surface area (TPSA) is 89.1 Å². The van der Waals surface area contributed by atoms with Crippen LogP contribution < -0.4 is 5.32 Å². The third-order valence-corrected chi connectivity index (χ3v) is 3.72. The first-order valence-electron chi connectivity index (χ1n) is 7.50. The average molecular weight is 304 g/mol. The van der Waals surface area contributed by atoms with Crippen molar-refractivity contribution in [3.63, 3.8) is 0 Å². The fourth-order valence-electron chi connectivity index (χ4n) is 2.65. The van der Waals surface area contributed by atoms with Gasteiger partial charge < -0.3 is 9.84 Å². The average Bonchev–Trinajstić information content (AvgIpc) is 3.18. The van der Waals surface area contributed by atoms with Crippen molar-refractivity contribution in [1.29, 1.82) is 0 Å². The van der Waals surface area contributed by atoms with Crippen LogP contribution in [0.2, 0.25) is 0 Å². The Balaban J connectivity index is 1.57. The molecule has 8 nitrogen and oxygen atoms in total. The van der Waals surface area contributed by atoms with Crippen LogP contribution in [0, 0.1) is 0 Å². The molecule has 1 saturated heterocycles. The largest absolute Gasteiger partial charge is 0.338 e. The number of aromatic nitrogens is 4. The van der Waals surface area contributed by atoms with Gasteiger partial charge in [0, 0.05) is 38.7 Å². The van der Waals surface area contributed by atoms with E-state index >= 15 is 0 Å². The van der Waals surface area contributed by atoms with E-state index in [0.29, 0.717) is 24.3 Å². The minimum atomic E-state index is -0.110. The maximum absolute atomic E-state index is 11.0. The van der Waals surface area contributed by atoms with Gasteiger partial charge in [0.05, 0.1) is 12.6 Å². The Morgan fingerprint density at radius 2 is 2.41 bits per heavy atom. The summed E-state index contributed by atoms with van der Waals surface area (Å²) in [4.78, 5) is 17.6. The van der Waals surface area contributed by atoms with Crippen molar-refractivity contribution < 1.29 is 9.32 Å². The zero-order chi connectivity index (χ0) is 15.5. The van der Waals surface area contributed by atoms with E-state index in [0.717, 1.165) is 31.8 Å². The molecule has 3 heterocycles. The van der Waals surface area contributed by atoms with Crippen molar-refractivity contribution in [1.82, 2.24) is 24.8 Å². The van der Waals surface area contributed by atoms with Crippen molar-refractivity contribution in [2.45, 2.75) is 39.3 Å². The minimum absolute atomic E-state index is 0.110. The van der Waals surface area contributed by atoms with Crippen molar-refractivity contribution in [2.24, 2.45) is 0 Å². The quantitative estimate of drug-likeness (QED) is 0.894. The number of hydrogen-bond acceptors (Lipinski definition) is 6. The second kappa shape index (κ2) is 6.27. The van der Waals surface area contributed by atoms with Crippen molar-refractivity contribution >= 4 is 11.7 Å². The monoisotopic (exact) mass is 304 g/mol. The normalized spacial score (nSPS) is 18.7. The summed E-state index contributed by atoms with van der Waals surface area (Å²) >= 11 is 0. The molecule has 1 unspecified atom stereocenters. The van der Waals surface area contributed by atoms with E-state index in [4.69, 9.17) is 4.52 Å². The van der Waals surface area contributed by atoms with Crippen LogP contribution in [0.15, 0.2) is 16.8 Å². The second-order valence-electron chi connectivity index (χ2n) is 5.50. The summed E-state index contributed by atoms with van der Waals surface area (Å²) < 4.78 is 7.15. The minimum Gasteiger partial charge on any atom is -0.338 e. The fraction of sp³-hybridized carbons (Fsp3) is 0.571. The molecule has 0 aromatic carbocycles. The number of nitrogens with zero attached hydrogens (tertiary/aromatic N) is 5. The summed E-state index contributed by atoms with van der Waals surface area (Å²) in [5.74, 6) is 1.89. The van der Waals surface area contributed by atoms with Crippen molar-refractivity contribution in [3.8, 4) is 0 Å². The molecule has 1 aliphatic heterocycles. The number of rotatable bonds is 5. The zero-order valence-electron chi connectivity index (χ0n) is 12.8. The number of nitrogens with one attached hydrogen (secondary N) is 1. The Labute approximate surface area is 128 Å². The Bertz CT molecular complexity index is 649. The molecule has 1 aliphatic rings. The molecular formula is C14H20N6O2. The number of carbonyl (C=O) groups excluding carboxylic acids is 1. The van der Waals surface area contributed by atoms with Gasteiger partial charge in [-0.15, -0.1) is 0 Å². The lowest BCUT2D eigenvalue weighted by atomic mass is 10.3. The number of aryl methyl sites for hydroxylation is 1. The molecule has 0 saturated carbocycles. The van der Waals surface area contributed by atoms with Crippen LogP contribution >= 0.6 is 0 Å². The maximum atomic E-state index is 11.0. The number of likely N-dealkylation sites (tertiary alicyclic amines) is 1. The summed E-state index contributed by atoms with van der Waals surface area (Å²) in [5.41, 5.74) is 0. The SMILES string of the molecule is CCc1noc(CN2CCC(n3ccc(NC(C)=O)n3)C2)n1. The first-order chi connectivity index (χ1) is 10.6. The van der Waals surface area contributed by atoms with E-state index in [1.807, 2.05) is 23.9 Å². The lowest BCUT2D eigenvalue weighted by Gasteiger charge is -2.13. The van der Waals surface area contributed by atoms with Crippen molar-refractivity contribution in [2.75, 3.05) is 18.4 Å². The molecule has 0 spiro atoms. The van der Waals surface area contributed by atoms with Crippen LogP contribution in [-0.2, 0) is 17.8 Å². The molecule has 22 heavy (non-hydrogen) atoms. The van der Waals surface area contributed by atoms with Gasteiger partial charge in [-0.05, 0) is 6.42 Å². The van der Waals surface area contributed by atoms with Gasteiger partial charge >= 0.3 is 0 Å². The third-order valence-electron chi connectivity index (χ3n) is 3.72. The number of hydrogen-bond donors (Lipinski definition) is 1. The Morgan fingerprint density at radius 3 is 3.14 bits per heavy atom. The zero-order valence-corrected chi connectivity index (χ0v) is 12.8. The molecule has 1 N–H and O–H groups in total. The van der Waals surface area contributed by atoms with E-state index in [-0.39, 0.29) is 5.91 Å². The van der Waals surface area contributed by atoms with E-state index in [1.165, 1.54) is 6.92 Å². The van der Waals surface area contributed by atoms with Crippen LogP contribution in [-0.4, -0.2) is 43.8 Å². The first-order valence-corrected chi connectivity index (χ1v) is 7.50.